The van der Waals surface area contributed by atoms with E-state index in [4.69, 9.17) is 9.47 Å². The lowest BCUT2D eigenvalue weighted by Crippen LogP contribution is -2.62. The molecule has 0 atom stereocenters. The highest BCUT2D eigenvalue weighted by molar-refractivity contribution is 5.47. The summed E-state index contributed by atoms with van der Waals surface area (Å²) in [7, 11) is 1.74. The first-order valence-electron chi connectivity index (χ1n) is 6.61. The van der Waals surface area contributed by atoms with Gasteiger partial charge in [0.15, 0.2) is 0 Å². The van der Waals surface area contributed by atoms with Crippen LogP contribution in [0.5, 0.6) is 5.75 Å². The second-order valence-corrected chi connectivity index (χ2v) is 5.65. The van der Waals surface area contributed by atoms with Crippen molar-refractivity contribution in [1.29, 1.82) is 0 Å². The predicted molar refractivity (Wildman–Crippen MR) is 71.3 cm³/mol. The number of rotatable bonds is 3. The average Bonchev–Trinajstić information content (AvgIpc) is 2.19. The van der Waals surface area contributed by atoms with Gasteiger partial charge in [-0.05, 0) is 36.5 Å². The number of benzene rings is 1. The Balaban J connectivity index is 2.00. The van der Waals surface area contributed by atoms with E-state index in [1.165, 1.54) is 16.7 Å². The van der Waals surface area contributed by atoms with Gasteiger partial charge in [-0.2, -0.15) is 0 Å². The number of hydrogen-bond acceptors (Lipinski definition) is 3. The van der Waals surface area contributed by atoms with Crippen LogP contribution < -0.4 is 10.1 Å². The van der Waals surface area contributed by atoms with Gasteiger partial charge in [-0.1, -0.05) is 12.1 Å². The minimum atomic E-state index is 0.243. The fraction of sp³-hybridized carbons (Fsp3) is 0.600. The van der Waals surface area contributed by atoms with E-state index >= 15 is 0 Å². The zero-order chi connectivity index (χ0) is 12.8. The molecule has 0 aliphatic carbocycles. The van der Waals surface area contributed by atoms with E-state index in [9.17, 15) is 0 Å². The van der Waals surface area contributed by atoms with E-state index < -0.39 is 0 Å². The van der Waals surface area contributed by atoms with Crippen molar-refractivity contribution < 1.29 is 9.47 Å². The number of ether oxygens (including phenoxy) is 2. The minimum Gasteiger partial charge on any atom is -0.496 e. The third-order valence-electron chi connectivity index (χ3n) is 4.52. The van der Waals surface area contributed by atoms with E-state index in [2.05, 4.69) is 31.3 Å². The SMILES string of the molecule is COc1c(C)cc(C2(C3CNC3)COC2)cc1C. The molecular weight excluding hydrogens is 226 g/mol. The molecule has 98 valence electrons. The summed E-state index contributed by atoms with van der Waals surface area (Å²) >= 11 is 0. The number of hydrogen-bond donors (Lipinski definition) is 1. The van der Waals surface area contributed by atoms with E-state index in [0.717, 1.165) is 38.0 Å². The lowest BCUT2D eigenvalue weighted by atomic mass is 9.66. The number of methoxy groups -OCH3 is 1. The Morgan fingerprint density at radius 2 is 1.83 bits per heavy atom. The molecule has 3 rings (SSSR count). The maximum atomic E-state index is 5.53. The Kier molecular flexibility index (Phi) is 2.83. The van der Waals surface area contributed by atoms with Crippen LogP contribution in [0.4, 0.5) is 0 Å². The molecule has 2 aliphatic rings. The molecule has 1 aromatic carbocycles. The van der Waals surface area contributed by atoms with Gasteiger partial charge in [-0.15, -0.1) is 0 Å². The summed E-state index contributed by atoms with van der Waals surface area (Å²) in [6.07, 6.45) is 0. The van der Waals surface area contributed by atoms with Crippen molar-refractivity contribution in [2.24, 2.45) is 5.92 Å². The van der Waals surface area contributed by atoms with Gasteiger partial charge >= 0.3 is 0 Å². The molecule has 0 bridgehead atoms. The van der Waals surface area contributed by atoms with Crippen LogP contribution in [0.3, 0.4) is 0 Å². The van der Waals surface area contributed by atoms with Gasteiger partial charge in [-0.25, -0.2) is 0 Å². The fourth-order valence-electron chi connectivity index (χ4n) is 3.20. The molecular formula is C15H21NO2. The molecule has 2 saturated heterocycles. The van der Waals surface area contributed by atoms with Crippen LogP contribution in [0, 0.1) is 19.8 Å². The Labute approximate surface area is 108 Å². The highest BCUT2D eigenvalue weighted by Crippen LogP contribution is 2.43. The molecule has 0 amide bonds. The van der Waals surface area contributed by atoms with E-state index in [1.54, 1.807) is 7.11 Å². The maximum Gasteiger partial charge on any atom is 0.124 e. The third kappa shape index (κ3) is 1.57. The zero-order valence-corrected chi connectivity index (χ0v) is 11.4. The van der Waals surface area contributed by atoms with E-state index in [0.29, 0.717) is 0 Å². The topological polar surface area (TPSA) is 30.5 Å². The van der Waals surface area contributed by atoms with Gasteiger partial charge in [0.05, 0.1) is 20.3 Å². The van der Waals surface area contributed by atoms with Crippen molar-refractivity contribution in [1.82, 2.24) is 5.32 Å². The first-order valence-corrected chi connectivity index (χ1v) is 6.61. The highest BCUT2D eigenvalue weighted by Gasteiger charge is 2.49. The first-order chi connectivity index (χ1) is 8.67. The van der Waals surface area contributed by atoms with Crippen LogP contribution in [0.1, 0.15) is 16.7 Å². The monoisotopic (exact) mass is 247 g/mol. The van der Waals surface area contributed by atoms with Crippen molar-refractivity contribution in [3.05, 3.63) is 28.8 Å². The van der Waals surface area contributed by atoms with Gasteiger partial charge in [0.25, 0.3) is 0 Å². The zero-order valence-electron chi connectivity index (χ0n) is 11.4. The third-order valence-corrected chi connectivity index (χ3v) is 4.52. The van der Waals surface area contributed by atoms with Crippen LogP contribution in [0.15, 0.2) is 12.1 Å². The lowest BCUT2D eigenvalue weighted by Gasteiger charge is -2.51. The predicted octanol–water partition coefficient (Wildman–Crippen LogP) is 1.80. The van der Waals surface area contributed by atoms with Gasteiger partial charge in [-0.3, -0.25) is 0 Å². The summed E-state index contributed by atoms with van der Waals surface area (Å²) in [6, 6.07) is 4.57. The Hall–Kier alpha value is -1.06. The van der Waals surface area contributed by atoms with Crippen molar-refractivity contribution in [2.75, 3.05) is 33.4 Å². The minimum absolute atomic E-state index is 0.243. The van der Waals surface area contributed by atoms with Crippen LogP contribution in [-0.4, -0.2) is 33.4 Å². The summed E-state index contributed by atoms with van der Waals surface area (Å²) in [4.78, 5) is 0. The molecule has 1 aromatic rings. The van der Waals surface area contributed by atoms with E-state index in [-0.39, 0.29) is 5.41 Å². The normalized spacial score (nSPS) is 22.2. The average molecular weight is 247 g/mol. The van der Waals surface area contributed by atoms with Crippen molar-refractivity contribution in [3.63, 3.8) is 0 Å². The molecule has 3 nitrogen and oxygen atoms in total. The molecule has 18 heavy (non-hydrogen) atoms. The lowest BCUT2D eigenvalue weighted by molar-refractivity contribution is -0.101. The molecule has 0 spiro atoms. The summed E-state index contributed by atoms with van der Waals surface area (Å²) in [5, 5.41) is 3.38. The van der Waals surface area contributed by atoms with Crippen LogP contribution in [0.2, 0.25) is 0 Å². The van der Waals surface area contributed by atoms with Crippen LogP contribution in [0.25, 0.3) is 0 Å². The molecule has 0 radical (unpaired) electrons. The molecule has 0 saturated carbocycles. The number of aryl methyl sites for hydroxylation is 2. The fourth-order valence-corrected chi connectivity index (χ4v) is 3.20. The second-order valence-electron chi connectivity index (χ2n) is 5.65. The molecule has 2 fully saturated rings. The Morgan fingerprint density at radius 3 is 2.17 bits per heavy atom. The molecule has 3 heteroatoms. The van der Waals surface area contributed by atoms with Crippen molar-refractivity contribution in [3.8, 4) is 5.75 Å². The van der Waals surface area contributed by atoms with Gasteiger partial charge in [0.2, 0.25) is 0 Å². The summed E-state index contributed by atoms with van der Waals surface area (Å²) < 4.78 is 11.0. The molecule has 1 N–H and O–H groups in total. The Bertz CT molecular complexity index is 439. The van der Waals surface area contributed by atoms with E-state index in [1.807, 2.05) is 0 Å². The highest BCUT2D eigenvalue weighted by atomic mass is 16.5. The maximum absolute atomic E-state index is 5.53. The van der Waals surface area contributed by atoms with Crippen molar-refractivity contribution in [2.45, 2.75) is 19.3 Å². The standard InChI is InChI=1S/C15H21NO2/c1-10-4-12(5-11(2)14(10)17-3)15(8-18-9-15)13-6-16-7-13/h4-5,13,16H,6-9H2,1-3H3. The Morgan fingerprint density at radius 1 is 1.22 bits per heavy atom. The van der Waals surface area contributed by atoms with Gasteiger partial charge in [0.1, 0.15) is 5.75 Å². The summed E-state index contributed by atoms with van der Waals surface area (Å²) in [6.45, 7) is 8.22. The largest absolute Gasteiger partial charge is 0.496 e. The van der Waals surface area contributed by atoms with Crippen LogP contribution >= 0.6 is 0 Å². The quantitative estimate of drug-likeness (QED) is 0.883. The molecule has 2 aliphatic heterocycles. The molecule has 0 aromatic heterocycles. The van der Waals surface area contributed by atoms with Crippen molar-refractivity contribution >= 4 is 0 Å². The number of nitrogens with one attached hydrogen (secondary N) is 1. The second kappa shape index (κ2) is 4.25. The molecule has 0 unspecified atom stereocenters. The van der Waals surface area contributed by atoms with Gasteiger partial charge < -0.3 is 14.8 Å². The summed E-state index contributed by atoms with van der Waals surface area (Å²) in [5.41, 5.74) is 4.13. The summed E-state index contributed by atoms with van der Waals surface area (Å²) in [5.74, 6) is 1.74. The van der Waals surface area contributed by atoms with Gasteiger partial charge in [0, 0.05) is 18.5 Å². The molecule has 2 heterocycles. The first kappa shape index (κ1) is 12.0. The van der Waals surface area contributed by atoms with Crippen LogP contribution in [-0.2, 0) is 10.2 Å². The smallest absolute Gasteiger partial charge is 0.124 e.